The van der Waals surface area contributed by atoms with Gasteiger partial charge in [-0.3, -0.25) is 4.79 Å². The lowest BCUT2D eigenvalue weighted by atomic mass is 9.89. The molecule has 5 heteroatoms. The summed E-state index contributed by atoms with van der Waals surface area (Å²) in [4.78, 5) is 12.8. The monoisotopic (exact) mass is 320 g/mol. The van der Waals surface area contributed by atoms with Crippen LogP contribution in [0.15, 0.2) is 29.4 Å². The van der Waals surface area contributed by atoms with Gasteiger partial charge in [-0.05, 0) is 37.7 Å². The quantitative estimate of drug-likeness (QED) is 0.789. The van der Waals surface area contributed by atoms with Crippen LogP contribution in [0.25, 0.3) is 10.1 Å². The number of nitrogens with zero attached hydrogens (tertiary/aromatic N) is 1. The zero-order valence-corrected chi connectivity index (χ0v) is 13.4. The average Bonchev–Trinajstić information content (AvgIpc) is 2.83. The summed E-state index contributed by atoms with van der Waals surface area (Å²) >= 11 is 7.70. The maximum absolute atomic E-state index is 12.3. The molecule has 0 saturated heterocycles. The Morgan fingerprint density at radius 3 is 3.00 bits per heavy atom. The zero-order valence-electron chi connectivity index (χ0n) is 11.9. The van der Waals surface area contributed by atoms with Crippen LogP contribution in [0.1, 0.15) is 42.3 Å². The molecule has 1 amide bonds. The summed E-state index contributed by atoms with van der Waals surface area (Å²) in [6.07, 6.45) is 4.35. The van der Waals surface area contributed by atoms with E-state index < -0.39 is 0 Å². The molecule has 0 aliphatic heterocycles. The lowest BCUT2D eigenvalue weighted by Gasteiger charge is -2.18. The molecule has 1 saturated carbocycles. The highest BCUT2D eigenvalue weighted by Gasteiger charge is 2.18. The number of fused-ring (bicyclic) bond motifs is 1. The van der Waals surface area contributed by atoms with Crippen LogP contribution < -0.4 is 5.43 Å². The van der Waals surface area contributed by atoms with Crippen LogP contribution in [0.2, 0.25) is 5.02 Å². The largest absolute Gasteiger partial charge is 0.283 e. The minimum absolute atomic E-state index is 0.216. The van der Waals surface area contributed by atoms with Crippen LogP contribution in [-0.4, -0.2) is 11.6 Å². The minimum atomic E-state index is -0.216. The van der Waals surface area contributed by atoms with Crippen molar-refractivity contribution in [3.05, 3.63) is 34.2 Å². The maximum Gasteiger partial charge on any atom is 0.283 e. The van der Waals surface area contributed by atoms with Crippen molar-refractivity contribution in [2.24, 2.45) is 11.0 Å². The second-order valence-electron chi connectivity index (χ2n) is 5.56. The van der Waals surface area contributed by atoms with Crippen LogP contribution in [0, 0.1) is 5.92 Å². The van der Waals surface area contributed by atoms with Gasteiger partial charge in [0.15, 0.2) is 0 Å². The van der Waals surface area contributed by atoms with Crippen molar-refractivity contribution in [3.8, 4) is 0 Å². The summed E-state index contributed by atoms with van der Waals surface area (Å²) in [5.74, 6) is 0.439. The molecule has 1 fully saturated rings. The standard InChI is InChI=1S/C16H17ClN2OS/c1-10-5-4-6-11(9-10)18-19-16(20)15-14(17)12-7-2-3-8-13(12)21-15/h2-3,7-8,10H,4-6,9H2,1H3,(H,19,20)/b18-11+/t10-/m0/s1. The Kier molecular flexibility index (Phi) is 4.27. The van der Waals surface area contributed by atoms with E-state index in [-0.39, 0.29) is 5.91 Å². The number of carbonyl (C=O) groups excluding carboxylic acids is 1. The number of halogens is 1. The minimum Gasteiger partial charge on any atom is -0.266 e. The highest BCUT2D eigenvalue weighted by atomic mass is 35.5. The Morgan fingerprint density at radius 2 is 2.24 bits per heavy atom. The molecule has 3 rings (SSSR count). The number of amides is 1. The Morgan fingerprint density at radius 1 is 1.43 bits per heavy atom. The van der Waals surface area contributed by atoms with Crippen molar-refractivity contribution in [2.45, 2.75) is 32.6 Å². The van der Waals surface area contributed by atoms with E-state index in [1.165, 1.54) is 17.8 Å². The third kappa shape index (κ3) is 3.11. The molecular formula is C16H17ClN2OS. The SMILES string of the molecule is C[C@H]1CCC/C(=N\NC(=O)c2sc3ccccc3c2Cl)C1. The molecule has 0 radical (unpaired) electrons. The molecular weight excluding hydrogens is 304 g/mol. The predicted molar refractivity (Wildman–Crippen MR) is 89.4 cm³/mol. The molecule has 3 nitrogen and oxygen atoms in total. The normalized spacial score (nSPS) is 20.9. The molecule has 1 N–H and O–H groups in total. The molecule has 1 aromatic heterocycles. The number of carbonyl (C=O) groups is 1. The van der Waals surface area contributed by atoms with E-state index in [1.54, 1.807) is 0 Å². The fraction of sp³-hybridized carbons (Fsp3) is 0.375. The first-order chi connectivity index (χ1) is 10.1. The van der Waals surface area contributed by atoms with Crippen LogP contribution >= 0.6 is 22.9 Å². The number of hydrazone groups is 1. The third-order valence-electron chi connectivity index (χ3n) is 3.80. The van der Waals surface area contributed by atoms with Gasteiger partial charge in [-0.15, -0.1) is 11.3 Å². The van der Waals surface area contributed by atoms with Crippen molar-refractivity contribution in [2.75, 3.05) is 0 Å². The molecule has 2 aromatic rings. The van der Waals surface area contributed by atoms with Crippen LogP contribution in [0.5, 0.6) is 0 Å². The van der Waals surface area contributed by atoms with Gasteiger partial charge in [0.1, 0.15) is 4.88 Å². The van der Waals surface area contributed by atoms with Crippen molar-refractivity contribution in [1.29, 1.82) is 0 Å². The first-order valence-corrected chi connectivity index (χ1v) is 8.37. The van der Waals surface area contributed by atoms with E-state index in [1.807, 2.05) is 24.3 Å². The van der Waals surface area contributed by atoms with Gasteiger partial charge in [-0.1, -0.05) is 36.7 Å². The molecule has 1 heterocycles. The molecule has 21 heavy (non-hydrogen) atoms. The summed E-state index contributed by atoms with van der Waals surface area (Å²) < 4.78 is 1.02. The topological polar surface area (TPSA) is 41.5 Å². The Hall–Kier alpha value is -1.39. The van der Waals surface area contributed by atoms with E-state index in [9.17, 15) is 4.79 Å². The summed E-state index contributed by atoms with van der Waals surface area (Å²) in [5.41, 5.74) is 3.75. The van der Waals surface area contributed by atoms with Gasteiger partial charge >= 0.3 is 0 Å². The van der Waals surface area contributed by atoms with Crippen LogP contribution in [0.4, 0.5) is 0 Å². The molecule has 1 atom stereocenters. The van der Waals surface area contributed by atoms with E-state index in [4.69, 9.17) is 11.6 Å². The molecule has 0 bridgehead atoms. The summed E-state index contributed by atoms with van der Waals surface area (Å²) in [6, 6.07) is 7.77. The van der Waals surface area contributed by atoms with E-state index in [0.717, 1.165) is 35.1 Å². The van der Waals surface area contributed by atoms with Gasteiger partial charge in [0.2, 0.25) is 0 Å². The van der Waals surface area contributed by atoms with Crippen molar-refractivity contribution in [1.82, 2.24) is 5.43 Å². The van der Waals surface area contributed by atoms with E-state index in [0.29, 0.717) is 15.8 Å². The number of hydrogen-bond donors (Lipinski definition) is 1. The average molecular weight is 321 g/mol. The lowest BCUT2D eigenvalue weighted by molar-refractivity contribution is 0.0958. The molecule has 110 valence electrons. The third-order valence-corrected chi connectivity index (χ3v) is 5.48. The second-order valence-corrected chi connectivity index (χ2v) is 6.99. The molecule has 1 aliphatic carbocycles. The van der Waals surface area contributed by atoms with Crippen molar-refractivity contribution < 1.29 is 4.79 Å². The van der Waals surface area contributed by atoms with Crippen LogP contribution in [-0.2, 0) is 0 Å². The van der Waals surface area contributed by atoms with E-state index >= 15 is 0 Å². The molecule has 1 aliphatic rings. The fourth-order valence-electron chi connectivity index (χ4n) is 2.70. The Balaban J connectivity index is 1.78. The summed E-state index contributed by atoms with van der Waals surface area (Å²) in [5, 5.41) is 5.73. The van der Waals surface area contributed by atoms with Gasteiger partial charge in [-0.25, -0.2) is 5.43 Å². The Bertz CT molecular complexity index is 707. The van der Waals surface area contributed by atoms with Crippen LogP contribution in [0.3, 0.4) is 0 Å². The van der Waals surface area contributed by atoms with Gasteiger partial charge in [-0.2, -0.15) is 5.10 Å². The number of rotatable bonds is 2. The van der Waals surface area contributed by atoms with E-state index in [2.05, 4.69) is 17.5 Å². The molecule has 1 aromatic carbocycles. The van der Waals surface area contributed by atoms with Crippen molar-refractivity contribution >= 4 is 44.6 Å². The highest BCUT2D eigenvalue weighted by Crippen LogP contribution is 2.35. The highest BCUT2D eigenvalue weighted by molar-refractivity contribution is 7.21. The predicted octanol–water partition coefficient (Wildman–Crippen LogP) is 4.85. The van der Waals surface area contributed by atoms with Crippen molar-refractivity contribution in [3.63, 3.8) is 0 Å². The number of nitrogens with one attached hydrogen (secondary N) is 1. The van der Waals surface area contributed by atoms with Gasteiger partial charge in [0.25, 0.3) is 5.91 Å². The fourth-order valence-corrected chi connectivity index (χ4v) is 4.11. The summed E-state index contributed by atoms with van der Waals surface area (Å²) in [7, 11) is 0. The van der Waals surface area contributed by atoms with Gasteiger partial charge in [0, 0.05) is 15.8 Å². The Labute approximate surface area is 133 Å². The first-order valence-electron chi connectivity index (χ1n) is 7.18. The smallest absolute Gasteiger partial charge is 0.266 e. The first kappa shape index (κ1) is 14.5. The lowest BCUT2D eigenvalue weighted by Crippen LogP contribution is -2.21. The maximum atomic E-state index is 12.3. The number of benzene rings is 1. The molecule has 0 spiro atoms. The second kappa shape index (κ2) is 6.16. The zero-order chi connectivity index (χ0) is 14.8. The molecule has 0 unspecified atom stereocenters. The van der Waals surface area contributed by atoms with Gasteiger partial charge < -0.3 is 0 Å². The summed E-state index contributed by atoms with van der Waals surface area (Å²) in [6.45, 7) is 2.22. The number of hydrogen-bond acceptors (Lipinski definition) is 3. The number of thiophene rings is 1. The van der Waals surface area contributed by atoms with Gasteiger partial charge in [0.05, 0.1) is 5.02 Å².